The quantitative estimate of drug-likeness (QED) is 0.814. The number of rotatable bonds is 5. The maximum absolute atomic E-state index is 12.6. The van der Waals surface area contributed by atoms with Gasteiger partial charge in [0.2, 0.25) is 11.8 Å². The Balaban J connectivity index is 1.65. The molecule has 0 atom stereocenters. The number of nitrogens with one attached hydrogen (secondary N) is 2. The van der Waals surface area contributed by atoms with Crippen LogP contribution < -0.4 is 10.6 Å². The normalized spacial score (nSPS) is 14.8. The number of halogens is 1. The largest absolute Gasteiger partial charge is 0.351 e. The van der Waals surface area contributed by atoms with Crippen molar-refractivity contribution >= 4 is 29.1 Å². The van der Waals surface area contributed by atoms with Crippen molar-refractivity contribution in [1.82, 2.24) is 5.32 Å². The van der Waals surface area contributed by atoms with E-state index in [-0.39, 0.29) is 11.8 Å². The van der Waals surface area contributed by atoms with Gasteiger partial charge in [0.25, 0.3) is 0 Å². The average Bonchev–Trinajstić information content (AvgIpc) is 3.40. The Morgan fingerprint density at radius 2 is 1.75 bits per heavy atom. The van der Waals surface area contributed by atoms with Crippen LogP contribution in [0.25, 0.3) is 0 Å². The molecule has 1 saturated carbocycles. The molecule has 1 aliphatic carbocycles. The highest BCUT2D eigenvalue weighted by molar-refractivity contribution is 6.31. The van der Waals surface area contributed by atoms with Crippen LogP contribution in [0.2, 0.25) is 5.02 Å². The van der Waals surface area contributed by atoms with Crippen molar-refractivity contribution in [2.75, 3.05) is 5.32 Å². The minimum absolute atomic E-state index is 0.219. The minimum Gasteiger partial charge on any atom is -0.351 e. The maximum atomic E-state index is 12.6. The summed E-state index contributed by atoms with van der Waals surface area (Å²) in [4.78, 5) is 25.1. The van der Waals surface area contributed by atoms with Gasteiger partial charge in [0.15, 0.2) is 0 Å². The summed E-state index contributed by atoms with van der Waals surface area (Å²) in [5, 5.41) is 6.31. The Morgan fingerprint density at radius 3 is 2.42 bits per heavy atom. The molecule has 0 heterocycles. The molecule has 1 aliphatic rings. The van der Waals surface area contributed by atoms with Crippen LogP contribution in [0.4, 0.5) is 5.69 Å². The van der Waals surface area contributed by atoms with Gasteiger partial charge in [-0.3, -0.25) is 9.59 Å². The van der Waals surface area contributed by atoms with Gasteiger partial charge in [-0.15, -0.1) is 0 Å². The second kappa shape index (κ2) is 6.65. The fourth-order valence-electron chi connectivity index (χ4n) is 2.61. The molecule has 2 aromatic carbocycles. The summed E-state index contributed by atoms with van der Waals surface area (Å²) >= 11 is 6.08. The molecule has 0 bridgehead atoms. The molecule has 0 radical (unpaired) electrons. The van der Waals surface area contributed by atoms with Crippen LogP contribution in [0, 0.1) is 12.3 Å². The van der Waals surface area contributed by atoms with Gasteiger partial charge in [-0.1, -0.05) is 48.0 Å². The standard InChI is InChI=1S/C19H19ClN2O2/c1-13-15(20)8-5-9-16(13)22-18(24)19(10-11-19)17(23)21-12-14-6-3-2-4-7-14/h2-9H,10-12H2,1H3,(H,21,23)(H,22,24). The van der Waals surface area contributed by atoms with E-state index in [1.165, 1.54) is 0 Å². The second-order valence-electron chi connectivity index (χ2n) is 6.12. The van der Waals surface area contributed by atoms with Crippen LogP contribution in [0.15, 0.2) is 48.5 Å². The van der Waals surface area contributed by atoms with Crippen LogP contribution in [0.1, 0.15) is 24.0 Å². The fraction of sp³-hybridized carbons (Fsp3) is 0.263. The van der Waals surface area contributed by atoms with E-state index in [4.69, 9.17) is 11.6 Å². The zero-order valence-corrected chi connectivity index (χ0v) is 14.2. The van der Waals surface area contributed by atoms with Gasteiger partial charge in [-0.2, -0.15) is 0 Å². The topological polar surface area (TPSA) is 58.2 Å². The Labute approximate surface area is 146 Å². The summed E-state index contributed by atoms with van der Waals surface area (Å²) in [7, 11) is 0. The summed E-state index contributed by atoms with van der Waals surface area (Å²) in [5.74, 6) is -0.484. The zero-order valence-electron chi connectivity index (χ0n) is 13.4. The van der Waals surface area contributed by atoms with E-state index in [2.05, 4.69) is 10.6 Å². The Kier molecular flexibility index (Phi) is 4.58. The van der Waals surface area contributed by atoms with E-state index in [1.54, 1.807) is 18.2 Å². The fourth-order valence-corrected chi connectivity index (χ4v) is 2.79. The molecule has 24 heavy (non-hydrogen) atoms. The average molecular weight is 343 g/mol. The van der Waals surface area contributed by atoms with Crippen molar-refractivity contribution in [1.29, 1.82) is 0 Å². The zero-order chi connectivity index (χ0) is 17.2. The number of amides is 2. The number of hydrogen-bond donors (Lipinski definition) is 2. The van der Waals surface area contributed by atoms with Crippen molar-refractivity contribution in [3.63, 3.8) is 0 Å². The summed E-state index contributed by atoms with van der Waals surface area (Å²) in [6.07, 6.45) is 1.14. The molecule has 2 N–H and O–H groups in total. The Morgan fingerprint density at radius 1 is 1.04 bits per heavy atom. The highest BCUT2D eigenvalue weighted by Gasteiger charge is 2.56. The number of hydrogen-bond acceptors (Lipinski definition) is 2. The van der Waals surface area contributed by atoms with E-state index in [9.17, 15) is 9.59 Å². The van der Waals surface area contributed by atoms with Crippen molar-refractivity contribution in [3.05, 3.63) is 64.7 Å². The molecular formula is C19H19ClN2O2. The van der Waals surface area contributed by atoms with E-state index in [1.807, 2.05) is 37.3 Å². The third-order valence-electron chi connectivity index (χ3n) is 4.43. The van der Waals surface area contributed by atoms with Gasteiger partial charge in [-0.05, 0) is 43.0 Å². The van der Waals surface area contributed by atoms with Crippen LogP contribution in [0.3, 0.4) is 0 Å². The predicted octanol–water partition coefficient (Wildman–Crippen LogP) is 3.68. The highest BCUT2D eigenvalue weighted by Crippen LogP contribution is 2.47. The molecule has 0 unspecified atom stereocenters. The molecule has 3 rings (SSSR count). The summed E-state index contributed by atoms with van der Waals surface area (Å²) < 4.78 is 0. The van der Waals surface area contributed by atoms with E-state index in [0.29, 0.717) is 30.1 Å². The molecule has 0 aromatic heterocycles. The molecule has 2 aromatic rings. The molecule has 1 fully saturated rings. The van der Waals surface area contributed by atoms with Gasteiger partial charge in [0.1, 0.15) is 5.41 Å². The van der Waals surface area contributed by atoms with Gasteiger partial charge < -0.3 is 10.6 Å². The molecule has 4 nitrogen and oxygen atoms in total. The lowest BCUT2D eigenvalue weighted by atomic mass is 10.0. The van der Waals surface area contributed by atoms with E-state index < -0.39 is 5.41 Å². The molecule has 0 aliphatic heterocycles. The van der Waals surface area contributed by atoms with E-state index >= 15 is 0 Å². The van der Waals surface area contributed by atoms with Gasteiger partial charge in [0.05, 0.1) is 0 Å². The van der Waals surface area contributed by atoms with Crippen LogP contribution >= 0.6 is 11.6 Å². The van der Waals surface area contributed by atoms with Crippen LogP contribution in [0.5, 0.6) is 0 Å². The molecule has 5 heteroatoms. The molecular weight excluding hydrogens is 324 g/mol. The van der Waals surface area contributed by atoms with Crippen molar-refractivity contribution in [2.45, 2.75) is 26.3 Å². The monoisotopic (exact) mass is 342 g/mol. The van der Waals surface area contributed by atoms with Crippen molar-refractivity contribution < 1.29 is 9.59 Å². The summed E-state index contributed by atoms with van der Waals surface area (Å²) in [5.41, 5.74) is 1.50. The first kappa shape index (κ1) is 16.5. The van der Waals surface area contributed by atoms with Crippen LogP contribution in [-0.2, 0) is 16.1 Å². The maximum Gasteiger partial charge on any atom is 0.240 e. The lowest BCUT2D eigenvalue weighted by Gasteiger charge is -2.17. The summed E-state index contributed by atoms with van der Waals surface area (Å²) in [6, 6.07) is 15.0. The second-order valence-corrected chi connectivity index (χ2v) is 6.52. The first-order chi connectivity index (χ1) is 11.5. The first-order valence-corrected chi connectivity index (χ1v) is 8.29. The number of benzene rings is 2. The summed E-state index contributed by atoms with van der Waals surface area (Å²) in [6.45, 7) is 2.26. The molecule has 2 amide bonds. The first-order valence-electron chi connectivity index (χ1n) is 7.92. The highest BCUT2D eigenvalue weighted by atomic mass is 35.5. The predicted molar refractivity (Wildman–Crippen MR) is 94.8 cm³/mol. The van der Waals surface area contributed by atoms with E-state index in [0.717, 1.165) is 11.1 Å². The molecule has 0 spiro atoms. The lowest BCUT2D eigenvalue weighted by molar-refractivity contribution is -0.134. The third kappa shape index (κ3) is 3.29. The minimum atomic E-state index is -0.955. The Bertz CT molecular complexity index is 770. The van der Waals surface area contributed by atoms with Crippen LogP contribution in [-0.4, -0.2) is 11.8 Å². The number of carbonyl (C=O) groups excluding carboxylic acids is 2. The van der Waals surface area contributed by atoms with Crippen molar-refractivity contribution in [3.8, 4) is 0 Å². The van der Waals surface area contributed by atoms with Gasteiger partial charge in [-0.25, -0.2) is 0 Å². The SMILES string of the molecule is Cc1c(Cl)cccc1NC(=O)C1(C(=O)NCc2ccccc2)CC1. The van der Waals surface area contributed by atoms with Crippen molar-refractivity contribution in [2.24, 2.45) is 5.41 Å². The smallest absolute Gasteiger partial charge is 0.240 e. The van der Waals surface area contributed by atoms with Gasteiger partial charge in [0, 0.05) is 17.3 Å². The molecule has 0 saturated heterocycles. The third-order valence-corrected chi connectivity index (χ3v) is 4.84. The lowest BCUT2D eigenvalue weighted by Crippen LogP contribution is -2.39. The van der Waals surface area contributed by atoms with Gasteiger partial charge >= 0.3 is 0 Å². The molecule has 124 valence electrons. The Hall–Kier alpha value is -2.33. The number of carbonyl (C=O) groups is 2. The number of anilines is 1.